The maximum absolute atomic E-state index is 13.6. The van der Waals surface area contributed by atoms with Crippen LogP contribution >= 0.6 is 23.1 Å². The average Bonchev–Trinajstić information content (AvgIpc) is 3.15. The first kappa shape index (κ1) is 21.5. The summed E-state index contributed by atoms with van der Waals surface area (Å²) in [6, 6.07) is 8.10. The van der Waals surface area contributed by atoms with Crippen molar-refractivity contribution in [2.24, 2.45) is 11.1 Å². The van der Waals surface area contributed by atoms with Gasteiger partial charge in [-0.1, -0.05) is 56.0 Å². The van der Waals surface area contributed by atoms with Crippen molar-refractivity contribution in [1.82, 2.24) is 10.2 Å². The molecular weight excluding hydrogens is 433 g/mol. The quantitative estimate of drug-likeness (QED) is 0.666. The Bertz CT molecular complexity index is 1140. The summed E-state index contributed by atoms with van der Waals surface area (Å²) in [5.74, 6) is 0.0635. The number of nitrogens with two attached hydrogens (primary N) is 1. The lowest BCUT2D eigenvalue weighted by atomic mass is 9.69. The van der Waals surface area contributed by atoms with Crippen molar-refractivity contribution in [2.75, 3.05) is 10.7 Å². The lowest BCUT2D eigenvalue weighted by Gasteiger charge is -2.42. The van der Waals surface area contributed by atoms with Crippen LogP contribution in [0.25, 0.3) is 0 Å². The highest BCUT2D eigenvalue weighted by Gasteiger charge is 2.45. The van der Waals surface area contributed by atoms with E-state index in [1.54, 1.807) is 28.8 Å². The van der Waals surface area contributed by atoms with Crippen molar-refractivity contribution in [3.8, 4) is 6.07 Å². The van der Waals surface area contributed by atoms with E-state index in [0.29, 0.717) is 29.1 Å². The number of aromatic nitrogens is 2. The van der Waals surface area contributed by atoms with Gasteiger partial charge in [0.1, 0.15) is 11.6 Å². The number of anilines is 1. The minimum absolute atomic E-state index is 0.0292. The first-order valence-corrected chi connectivity index (χ1v) is 11.7. The summed E-state index contributed by atoms with van der Waals surface area (Å²) >= 11 is 2.96. The van der Waals surface area contributed by atoms with E-state index in [1.807, 2.05) is 20.8 Å². The maximum atomic E-state index is 13.6. The number of hydrogen-bond acceptors (Lipinski definition) is 8. The zero-order valence-electron chi connectivity index (χ0n) is 17.5. The Balaban J connectivity index is 1.94. The van der Waals surface area contributed by atoms with Crippen LogP contribution in [0.15, 0.2) is 51.3 Å². The van der Waals surface area contributed by atoms with E-state index in [9.17, 15) is 14.4 Å². The van der Waals surface area contributed by atoms with Gasteiger partial charge >= 0.3 is 0 Å². The number of benzene rings is 1. The van der Waals surface area contributed by atoms with E-state index >= 15 is 0 Å². The van der Waals surface area contributed by atoms with E-state index < -0.39 is 5.92 Å². The van der Waals surface area contributed by atoms with Crippen molar-refractivity contribution in [3.63, 3.8) is 0 Å². The number of thioether (sulfide) groups is 1. The predicted octanol–water partition coefficient (Wildman–Crippen LogP) is 4.73. The van der Waals surface area contributed by atoms with E-state index in [0.717, 1.165) is 15.8 Å². The van der Waals surface area contributed by atoms with Gasteiger partial charge in [-0.15, -0.1) is 10.2 Å². The Hall–Kier alpha value is -2.70. The molecule has 0 bridgehead atoms. The van der Waals surface area contributed by atoms with Gasteiger partial charge in [0.05, 0.1) is 17.6 Å². The molecule has 1 aromatic carbocycles. The molecule has 0 radical (unpaired) electrons. The van der Waals surface area contributed by atoms with Gasteiger partial charge in [0.25, 0.3) is 0 Å². The van der Waals surface area contributed by atoms with Crippen molar-refractivity contribution >= 4 is 34.0 Å². The molecule has 2 heterocycles. The van der Waals surface area contributed by atoms with Gasteiger partial charge in [-0.2, -0.15) is 5.26 Å². The molecule has 4 rings (SSSR count). The third kappa shape index (κ3) is 3.86. The fourth-order valence-corrected chi connectivity index (χ4v) is 5.97. The first-order valence-electron chi connectivity index (χ1n) is 9.93. The molecule has 0 spiro atoms. The fraction of sp³-hybridized carbons (Fsp3) is 0.364. The molecule has 31 heavy (non-hydrogen) atoms. The Labute approximate surface area is 188 Å². The Kier molecular flexibility index (Phi) is 5.62. The second-order valence-corrected chi connectivity index (χ2v) is 10.8. The van der Waals surface area contributed by atoms with Crippen molar-refractivity contribution in [2.45, 2.75) is 43.9 Å². The van der Waals surface area contributed by atoms with Gasteiger partial charge in [-0.25, -0.2) is 4.39 Å². The van der Waals surface area contributed by atoms with Crippen molar-refractivity contribution < 1.29 is 9.18 Å². The predicted molar refractivity (Wildman–Crippen MR) is 120 cm³/mol. The van der Waals surface area contributed by atoms with E-state index in [4.69, 9.17) is 5.73 Å². The minimum atomic E-state index is -0.627. The van der Waals surface area contributed by atoms with Crippen molar-refractivity contribution in [3.05, 3.63) is 58.3 Å². The summed E-state index contributed by atoms with van der Waals surface area (Å²) < 4.78 is 14.4. The molecular formula is C22H22FN5OS2. The number of halogens is 1. The zero-order valence-corrected chi connectivity index (χ0v) is 19.1. The molecule has 1 atom stereocenters. The van der Waals surface area contributed by atoms with Crippen LogP contribution in [0.3, 0.4) is 0 Å². The molecule has 2 N–H and O–H groups in total. The Morgan fingerprint density at radius 2 is 2.03 bits per heavy atom. The summed E-state index contributed by atoms with van der Waals surface area (Å²) in [6.45, 7) is 6.11. The van der Waals surface area contributed by atoms with Gasteiger partial charge in [0.2, 0.25) is 5.13 Å². The third-order valence-corrected chi connectivity index (χ3v) is 7.36. The first-order chi connectivity index (χ1) is 14.8. The molecule has 0 fully saturated rings. The number of ketones is 1. The molecule has 1 aromatic heterocycles. The molecule has 1 aliphatic heterocycles. The third-order valence-electron chi connectivity index (χ3n) is 5.44. The summed E-state index contributed by atoms with van der Waals surface area (Å²) in [7, 11) is 0. The summed E-state index contributed by atoms with van der Waals surface area (Å²) in [5.41, 5.74) is 8.49. The van der Waals surface area contributed by atoms with Crippen LogP contribution in [0.4, 0.5) is 9.52 Å². The van der Waals surface area contributed by atoms with Gasteiger partial charge in [-0.05, 0) is 35.3 Å². The van der Waals surface area contributed by atoms with Crippen LogP contribution in [0.2, 0.25) is 0 Å². The van der Waals surface area contributed by atoms with Crippen molar-refractivity contribution in [1.29, 1.82) is 5.26 Å². The fourth-order valence-electron chi connectivity index (χ4n) is 4.19. The number of hydrogen-bond donors (Lipinski definition) is 1. The maximum Gasteiger partial charge on any atom is 0.219 e. The van der Waals surface area contributed by atoms with Gasteiger partial charge in [-0.3, -0.25) is 9.69 Å². The van der Waals surface area contributed by atoms with Crippen LogP contribution < -0.4 is 10.6 Å². The molecule has 1 unspecified atom stereocenters. The Morgan fingerprint density at radius 1 is 1.32 bits per heavy atom. The highest BCUT2D eigenvalue weighted by Crippen LogP contribution is 2.50. The van der Waals surface area contributed by atoms with Gasteiger partial charge < -0.3 is 5.73 Å². The Morgan fingerprint density at radius 3 is 2.68 bits per heavy atom. The van der Waals surface area contributed by atoms with E-state index in [-0.39, 0.29) is 28.4 Å². The average molecular weight is 456 g/mol. The molecule has 9 heteroatoms. The summed E-state index contributed by atoms with van der Waals surface area (Å²) in [6.07, 6.45) is 0.962. The number of allylic oxidation sites excluding steroid dienone is 3. The monoisotopic (exact) mass is 455 g/mol. The number of carbonyl (C=O) groups is 1. The SMILES string of the molecule is CCSc1nnc(N2C(N)=C(C#N)C(c3ccc(F)cc3)C3=C2CC(C)(C)CC3=O)s1. The smallest absolute Gasteiger partial charge is 0.219 e. The van der Waals surface area contributed by atoms with Gasteiger partial charge in [0, 0.05) is 17.7 Å². The number of nitrogens with zero attached hydrogens (tertiary/aromatic N) is 4. The molecule has 0 amide bonds. The standard InChI is InChI=1S/C22H22FN5OS2/c1-4-30-21-27-26-20(31-21)28-15-9-22(2,3)10-16(29)18(15)17(14(11-24)19(28)25)12-5-7-13(23)8-6-12/h5-8,17H,4,9-10,25H2,1-3H3. The van der Waals surface area contributed by atoms with Crippen LogP contribution in [-0.2, 0) is 4.79 Å². The molecule has 2 aromatic rings. The molecule has 1 aliphatic carbocycles. The summed E-state index contributed by atoms with van der Waals surface area (Å²) in [5, 5.41) is 19.1. The van der Waals surface area contributed by atoms with E-state index in [1.165, 1.54) is 23.5 Å². The van der Waals surface area contributed by atoms with Crippen LogP contribution in [0.1, 0.15) is 45.1 Å². The number of carbonyl (C=O) groups excluding carboxylic acids is 1. The molecule has 0 saturated carbocycles. The molecule has 0 saturated heterocycles. The van der Waals surface area contributed by atoms with Crippen LogP contribution in [0, 0.1) is 22.6 Å². The van der Waals surface area contributed by atoms with Gasteiger partial charge in [0.15, 0.2) is 10.1 Å². The van der Waals surface area contributed by atoms with E-state index in [2.05, 4.69) is 16.3 Å². The number of Topliss-reactive ketones (excluding diaryl/α,β-unsaturated/α-hetero) is 1. The lowest BCUT2D eigenvalue weighted by Crippen LogP contribution is -2.42. The zero-order chi connectivity index (χ0) is 22.3. The second kappa shape index (κ2) is 8.09. The minimum Gasteiger partial charge on any atom is -0.384 e. The molecule has 160 valence electrons. The highest BCUT2D eigenvalue weighted by molar-refractivity contribution is 8.01. The summed E-state index contributed by atoms with van der Waals surface area (Å²) in [4.78, 5) is 15.1. The highest BCUT2D eigenvalue weighted by atomic mass is 32.2. The lowest BCUT2D eigenvalue weighted by molar-refractivity contribution is -0.118. The second-order valence-electron chi connectivity index (χ2n) is 8.32. The number of rotatable bonds is 4. The largest absolute Gasteiger partial charge is 0.384 e. The molecule has 6 nitrogen and oxygen atoms in total. The van der Waals surface area contributed by atoms with Crippen LogP contribution in [-0.4, -0.2) is 21.7 Å². The van der Waals surface area contributed by atoms with Crippen LogP contribution in [0.5, 0.6) is 0 Å². The normalized spacial score (nSPS) is 20.7. The topological polar surface area (TPSA) is 95.9 Å². The number of nitriles is 1. The molecule has 2 aliphatic rings.